The molecule has 1 saturated heterocycles. The Morgan fingerprint density at radius 2 is 2.27 bits per heavy atom. The predicted molar refractivity (Wildman–Crippen MR) is 68.6 cm³/mol. The third-order valence-electron chi connectivity index (χ3n) is 3.07. The Kier molecular flexibility index (Phi) is 6.69. The van der Waals surface area contributed by atoms with E-state index in [2.05, 4.69) is 30.9 Å². The van der Waals surface area contributed by atoms with Crippen LogP contribution in [-0.2, 0) is 4.74 Å². The lowest BCUT2D eigenvalue weighted by Crippen LogP contribution is -2.38. The van der Waals surface area contributed by atoms with Crippen molar-refractivity contribution < 1.29 is 4.74 Å². The van der Waals surface area contributed by atoms with Gasteiger partial charge >= 0.3 is 0 Å². The van der Waals surface area contributed by atoms with Crippen LogP contribution in [0.1, 0.15) is 33.1 Å². The number of nitrogens with one attached hydrogen (secondary N) is 1. The van der Waals surface area contributed by atoms with Gasteiger partial charge in [0.05, 0.1) is 0 Å². The summed E-state index contributed by atoms with van der Waals surface area (Å²) in [4.78, 5) is 0. The Morgan fingerprint density at radius 3 is 2.80 bits per heavy atom. The molecule has 0 radical (unpaired) electrons. The number of thioether (sulfide) groups is 1. The van der Waals surface area contributed by atoms with Gasteiger partial charge in [0, 0.05) is 31.6 Å². The third kappa shape index (κ3) is 5.23. The molecule has 0 amide bonds. The second-order valence-electron chi connectivity index (χ2n) is 4.68. The Morgan fingerprint density at radius 1 is 1.47 bits per heavy atom. The maximum absolute atomic E-state index is 5.15. The van der Waals surface area contributed by atoms with Crippen molar-refractivity contribution in [1.29, 1.82) is 0 Å². The van der Waals surface area contributed by atoms with E-state index in [-0.39, 0.29) is 0 Å². The van der Waals surface area contributed by atoms with Crippen molar-refractivity contribution in [3.05, 3.63) is 0 Å². The minimum Gasteiger partial charge on any atom is -0.385 e. The van der Waals surface area contributed by atoms with Gasteiger partial charge in [-0.25, -0.2) is 0 Å². The highest BCUT2D eigenvalue weighted by molar-refractivity contribution is 8.00. The van der Waals surface area contributed by atoms with Gasteiger partial charge < -0.3 is 10.1 Å². The van der Waals surface area contributed by atoms with E-state index < -0.39 is 0 Å². The van der Waals surface area contributed by atoms with E-state index in [0.717, 1.165) is 18.3 Å². The molecular formula is C12H25NOS. The molecule has 2 unspecified atom stereocenters. The number of hydrogen-bond donors (Lipinski definition) is 1. The number of methoxy groups -OCH3 is 1. The van der Waals surface area contributed by atoms with E-state index in [1.54, 1.807) is 7.11 Å². The van der Waals surface area contributed by atoms with Crippen LogP contribution in [0.2, 0.25) is 0 Å². The van der Waals surface area contributed by atoms with Crippen LogP contribution in [0.5, 0.6) is 0 Å². The highest BCUT2D eigenvalue weighted by atomic mass is 32.2. The summed E-state index contributed by atoms with van der Waals surface area (Å²) in [7, 11) is 1.78. The molecule has 1 rings (SSSR count). The van der Waals surface area contributed by atoms with Gasteiger partial charge in [0.15, 0.2) is 0 Å². The summed E-state index contributed by atoms with van der Waals surface area (Å²) in [6, 6.07) is 0.617. The molecule has 2 nitrogen and oxygen atoms in total. The first-order chi connectivity index (χ1) is 7.24. The van der Waals surface area contributed by atoms with Crippen LogP contribution in [0.3, 0.4) is 0 Å². The molecule has 0 aromatic rings. The summed E-state index contributed by atoms with van der Waals surface area (Å²) in [6.07, 6.45) is 3.93. The summed E-state index contributed by atoms with van der Waals surface area (Å²) in [5.41, 5.74) is 0. The summed E-state index contributed by atoms with van der Waals surface area (Å²) in [5, 5.41) is 4.55. The molecule has 1 fully saturated rings. The Hall–Kier alpha value is 0.270. The van der Waals surface area contributed by atoms with Crippen LogP contribution in [0.15, 0.2) is 0 Å². The van der Waals surface area contributed by atoms with Gasteiger partial charge in [-0.1, -0.05) is 13.8 Å². The number of ether oxygens (including phenoxy) is 1. The summed E-state index contributed by atoms with van der Waals surface area (Å²) >= 11 is 2.13. The minimum atomic E-state index is 0.617. The summed E-state index contributed by atoms with van der Waals surface area (Å²) in [5.74, 6) is 2.06. The Labute approximate surface area is 98.5 Å². The second kappa shape index (κ2) is 7.53. The number of rotatable bonds is 7. The Bertz CT molecular complexity index is 158. The molecule has 1 aliphatic rings. The van der Waals surface area contributed by atoms with E-state index in [0.29, 0.717) is 12.0 Å². The zero-order valence-electron chi connectivity index (χ0n) is 10.3. The fourth-order valence-corrected chi connectivity index (χ4v) is 3.22. The molecule has 90 valence electrons. The van der Waals surface area contributed by atoms with Crippen molar-refractivity contribution in [2.75, 3.05) is 26.0 Å². The first-order valence-electron chi connectivity index (χ1n) is 6.08. The van der Waals surface area contributed by atoms with Crippen LogP contribution in [0.4, 0.5) is 0 Å². The normalized spacial score (nSPS) is 23.6. The van der Waals surface area contributed by atoms with Gasteiger partial charge in [-0.3, -0.25) is 0 Å². The van der Waals surface area contributed by atoms with E-state index >= 15 is 0 Å². The molecule has 0 bridgehead atoms. The topological polar surface area (TPSA) is 21.3 Å². The van der Waals surface area contributed by atoms with Crippen molar-refractivity contribution >= 4 is 11.8 Å². The van der Waals surface area contributed by atoms with E-state index in [1.807, 2.05) is 0 Å². The van der Waals surface area contributed by atoms with Gasteiger partial charge in [0.2, 0.25) is 0 Å². The molecule has 0 aromatic heterocycles. The molecule has 0 saturated carbocycles. The average Bonchev–Trinajstić information content (AvgIpc) is 2.70. The lowest BCUT2D eigenvalue weighted by atomic mass is 10.0. The molecule has 0 aromatic carbocycles. The van der Waals surface area contributed by atoms with Gasteiger partial charge in [-0.15, -0.1) is 0 Å². The summed E-state index contributed by atoms with van der Waals surface area (Å²) < 4.78 is 5.15. The van der Waals surface area contributed by atoms with Crippen molar-refractivity contribution in [1.82, 2.24) is 5.32 Å². The maximum Gasteiger partial charge on any atom is 0.0477 e. The molecule has 1 heterocycles. The first kappa shape index (κ1) is 13.3. The smallest absolute Gasteiger partial charge is 0.0477 e. The highest BCUT2D eigenvalue weighted by Crippen LogP contribution is 2.25. The molecule has 1 aliphatic heterocycles. The largest absolute Gasteiger partial charge is 0.385 e. The number of hydrogen-bond acceptors (Lipinski definition) is 3. The molecule has 0 aliphatic carbocycles. The fraction of sp³-hybridized carbons (Fsp3) is 1.00. The van der Waals surface area contributed by atoms with Crippen LogP contribution in [0.25, 0.3) is 0 Å². The molecule has 3 heteroatoms. The van der Waals surface area contributed by atoms with E-state index in [9.17, 15) is 0 Å². The zero-order chi connectivity index (χ0) is 11.1. The third-order valence-corrected chi connectivity index (χ3v) is 4.47. The molecule has 0 spiro atoms. The maximum atomic E-state index is 5.15. The van der Waals surface area contributed by atoms with Crippen molar-refractivity contribution in [3.63, 3.8) is 0 Å². The van der Waals surface area contributed by atoms with Crippen LogP contribution in [0, 0.1) is 5.92 Å². The van der Waals surface area contributed by atoms with E-state index in [4.69, 9.17) is 4.74 Å². The lowest BCUT2D eigenvalue weighted by Gasteiger charge is -2.23. The monoisotopic (exact) mass is 231 g/mol. The Balaban J connectivity index is 2.17. The molecule has 2 atom stereocenters. The summed E-state index contributed by atoms with van der Waals surface area (Å²) in [6.45, 7) is 6.62. The van der Waals surface area contributed by atoms with Gasteiger partial charge in [0.1, 0.15) is 0 Å². The van der Waals surface area contributed by atoms with Crippen LogP contribution >= 0.6 is 11.8 Å². The molecular weight excluding hydrogens is 206 g/mol. The van der Waals surface area contributed by atoms with Gasteiger partial charge in [0.25, 0.3) is 0 Å². The average molecular weight is 231 g/mol. The van der Waals surface area contributed by atoms with Crippen LogP contribution in [-0.4, -0.2) is 37.3 Å². The van der Waals surface area contributed by atoms with Gasteiger partial charge in [-0.05, 0) is 30.9 Å². The molecule has 1 N–H and O–H groups in total. The predicted octanol–water partition coefficient (Wildman–Crippen LogP) is 2.53. The minimum absolute atomic E-state index is 0.617. The first-order valence-corrected chi connectivity index (χ1v) is 7.13. The van der Waals surface area contributed by atoms with Crippen molar-refractivity contribution in [3.8, 4) is 0 Å². The van der Waals surface area contributed by atoms with Gasteiger partial charge in [-0.2, -0.15) is 11.8 Å². The second-order valence-corrected chi connectivity index (χ2v) is 6.08. The highest BCUT2D eigenvalue weighted by Gasteiger charge is 2.18. The van der Waals surface area contributed by atoms with Crippen molar-refractivity contribution in [2.24, 2.45) is 5.92 Å². The SMILES string of the molecule is COCCC(NCC1CCCS1)C(C)C. The van der Waals surface area contributed by atoms with E-state index in [1.165, 1.54) is 25.1 Å². The van der Waals surface area contributed by atoms with Crippen LogP contribution < -0.4 is 5.32 Å². The van der Waals surface area contributed by atoms with Crippen molar-refractivity contribution in [2.45, 2.75) is 44.4 Å². The molecule has 15 heavy (non-hydrogen) atoms. The lowest BCUT2D eigenvalue weighted by molar-refractivity contribution is 0.174. The fourth-order valence-electron chi connectivity index (χ4n) is 2.00. The standard InChI is InChI=1S/C12H25NOS/c1-10(2)12(6-7-14-3)13-9-11-5-4-8-15-11/h10-13H,4-9H2,1-3H3. The quantitative estimate of drug-likeness (QED) is 0.727. The zero-order valence-corrected chi connectivity index (χ0v) is 11.1.